The second kappa shape index (κ2) is 6.02. The molecule has 0 heterocycles. The molecule has 0 unspecified atom stereocenters. The molecule has 0 atom stereocenters. The third kappa shape index (κ3) is 3.30. The molecule has 4 heteroatoms. The van der Waals surface area contributed by atoms with E-state index >= 15 is 0 Å². The Bertz CT molecular complexity index is 474. The first-order valence-electron chi connectivity index (χ1n) is 5.34. The monoisotopic (exact) mass is 234 g/mol. The van der Waals surface area contributed by atoms with E-state index in [4.69, 9.17) is 5.73 Å². The fourth-order valence-corrected chi connectivity index (χ4v) is 1.27. The van der Waals surface area contributed by atoms with E-state index < -0.39 is 5.82 Å². The lowest BCUT2D eigenvalue weighted by atomic mass is 10.1. The number of rotatable bonds is 2. The SMILES string of the molecule is CCN(C)C(=O)c1cc(C#CCN)ccc1F. The van der Waals surface area contributed by atoms with Crippen molar-refractivity contribution in [3.05, 3.63) is 35.1 Å². The van der Waals surface area contributed by atoms with E-state index in [-0.39, 0.29) is 18.0 Å². The summed E-state index contributed by atoms with van der Waals surface area (Å²) in [5.41, 5.74) is 5.88. The van der Waals surface area contributed by atoms with Crippen LogP contribution in [0.5, 0.6) is 0 Å². The maximum atomic E-state index is 13.5. The van der Waals surface area contributed by atoms with Gasteiger partial charge in [-0.05, 0) is 25.1 Å². The summed E-state index contributed by atoms with van der Waals surface area (Å²) in [5.74, 6) is 4.56. The van der Waals surface area contributed by atoms with Gasteiger partial charge in [-0.15, -0.1) is 0 Å². The van der Waals surface area contributed by atoms with Gasteiger partial charge in [0.2, 0.25) is 0 Å². The lowest BCUT2D eigenvalue weighted by Crippen LogP contribution is -2.27. The molecule has 0 saturated heterocycles. The van der Waals surface area contributed by atoms with Crippen molar-refractivity contribution in [1.82, 2.24) is 4.90 Å². The van der Waals surface area contributed by atoms with Gasteiger partial charge in [-0.25, -0.2) is 4.39 Å². The predicted molar refractivity (Wildman–Crippen MR) is 65.0 cm³/mol. The van der Waals surface area contributed by atoms with Crippen molar-refractivity contribution >= 4 is 5.91 Å². The van der Waals surface area contributed by atoms with Crippen molar-refractivity contribution < 1.29 is 9.18 Å². The minimum Gasteiger partial charge on any atom is -0.342 e. The molecular weight excluding hydrogens is 219 g/mol. The lowest BCUT2D eigenvalue weighted by molar-refractivity contribution is 0.0798. The first-order chi connectivity index (χ1) is 8.10. The number of hydrogen-bond acceptors (Lipinski definition) is 2. The van der Waals surface area contributed by atoms with Gasteiger partial charge in [0, 0.05) is 19.2 Å². The van der Waals surface area contributed by atoms with Gasteiger partial charge >= 0.3 is 0 Å². The zero-order valence-corrected chi connectivity index (χ0v) is 9.96. The Morgan fingerprint density at radius 1 is 1.53 bits per heavy atom. The Balaban J connectivity index is 3.10. The number of nitrogens with zero attached hydrogens (tertiary/aromatic N) is 1. The van der Waals surface area contributed by atoms with Crippen molar-refractivity contribution in [1.29, 1.82) is 0 Å². The molecule has 17 heavy (non-hydrogen) atoms. The first kappa shape index (κ1) is 13.2. The molecular formula is C13H15FN2O. The molecule has 0 aromatic heterocycles. The highest BCUT2D eigenvalue weighted by molar-refractivity contribution is 5.94. The van der Waals surface area contributed by atoms with E-state index in [0.29, 0.717) is 12.1 Å². The van der Waals surface area contributed by atoms with Crippen LogP contribution in [-0.4, -0.2) is 30.9 Å². The van der Waals surface area contributed by atoms with Crippen molar-refractivity contribution in [2.75, 3.05) is 20.1 Å². The van der Waals surface area contributed by atoms with Crippen molar-refractivity contribution in [2.24, 2.45) is 5.73 Å². The van der Waals surface area contributed by atoms with Crippen LogP contribution in [0.2, 0.25) is 0 Å². The number of carbonyl (C=O) groups excluding carboxylic acids is 1. The quantitative estimate of drug-likeness (QED) is 0.782. The molecule has 0 fully saturated rings. The molecule has 0 aliphatic carbocycles. The first-order valence-corrected chi connectivity index (χ1v) is 5.34. The molecule has 90 valence electrons. The van der Waals surface area contributed by atoms with Crippen LogP contribution in [-0.2, 0) is 0 Å². The molecule has 0 spiro atoms. The van der Waals surface area contributed by atoms with Gasteiger partial charge in [0.05, 0.1) is 12.1 Å². The predicted octanol–water partition coefficient (Wildman–Crippen LogP) is 1.23. The minimum absolute atomic E-state index is 0.0400. The summed E-state index contributed by atoms with van der Waals surface area (Å²) in [6, 6.07) is 4.23. The fourth-order valence-electron chi connectivity index (χ4n) is 1.27. The van der Waals surface area contributed by atoms with Crippen LogP contribution in [0.4, 0.5) is 4.39 Å². The summed E-state index contributed by atoms with van der Waals surface area (Å²) in [7, 11) is 1.63. The fraction of sp³-hybridized carbons (Fsp3) is 0.308. The van der Waals surface area contributed by atoms with Crippen LogP contribution in [0.25, 0.3) is 0 Å². The van der Waals surface area contributed by atoms with Gasteiger partial charge in [-0.2, -0.15) is 0 Å². The minimum atomic E-state index is -0.534. The normalized spacial score (nSPS) is 9.41. The molecule has 0 radical (unpaired) electrons. The van der Waals surface area contributed by atoms with Crippen LogP contribution in [0, 0.1) is 17.7 Å². The standard InChI is InChI=1S/C13H15FN2O/c1-3-16(2)13(17)11-9-10(5-4-8-15)6-7-12(11)14/h6-7,9H,3,8,15H2,1-2H3. The second-order valence-electron chi connectivity index (χ2n) is 3.52. The zero-order chi connectivity index (χ0) is 12.8. The van der Waals surface area contributed by atoms with E-state index in [1.54, 1.807) is 7.05 Å². The van der Waals surface area contributed by atoms with E-state index in [2.05, 4.69) is 11.8 Å². The summed E-state index contributed by atoms with van der Waals surface area (Å²) in [6.45, 7) is 2.58. The summed E-state index contributed by atoms with van der Waals surface area (Å²) in [4.78, 5) is 13.3. The van der Waals surface area contributed by atoms with Gasteiger partial charge in [0.1, 0.15) is 5.82 Å². The van der Waals surface area contributed by atoms with Gasteiger partial charge in [-0.3, -0.25) is 4.79 Å². The molecule has 1 amide bonds. The molecule has 1 rings (SSSR count). The number of benzene rings is 1. The summed E-state index contributed by atoms with van der Waals surface area (Å²) >= 11 is 0. The van der Waals surface area contributed by atoms with E-state index in [1.165, 1.54) is 23.1 Å². The molecule has 2 N–H and O–H groups in total. The molecule has 0 bridgehead atoms. The van der Waals surface area contributed by atoms with Crippen LogP contribution in [0.1, 0.15) is 22.8 Å². The van der Waals surface area contributed by atoms with E-state index in [9.17, 15) is 9.18 Å². The molecule has 0 aliphatic heterocycles. The van der Waals surface area contributed by atoms with Crippen LogP contribution < -0.4 is 5.73 Å². The van der Waals surface area contributed by atoms with Gasteiger partial charge in [0.15, 0.2) is 0 Å². The molecule has 0 aliphatic rings. The summed E-state index contributed by atoms with van der Waals surface area (Å²) in [5, 5.41) is 0. The Labute approximate surface area is 100 Å². The molecule has 0 saturated carbocycles. The zero-order valence-electron chi connectivity index (χ0n) is 9.96. The number of amides is 1. The van der Waals surface area contributed by atoms with Crippen LogP contribution in [0.15, 0.2) is 18.2 Å². The molecule has 3 nitrogen and oxygen atoms in total. The maximum absolute atomic E-state index is 13.5. The van der Waals surface area contributed by atoms with Crippen LogP contribution >= 0.6 is 0 Å². The molecule has 1 aromatic carbocycles. The Morgan fingerprint density at radius 2 is 2.24 bits per heavy atom. The summed E-state index contributed by atoms with van der Waals surface area (Å²) in [6.07, 6.45) is 0. The van der Waals surface area contributed by atoms with Crippen molar-refractivity contribution in [3.63, 3.8) is 0 Å². The summed E-state index contributed by atoms with van der Waals surface area (Å²) < 4.78 is 13.5. The third-order valence-electron chi connectivity index (χ3n) is 2.35. The smallest absolute Gasteiger partial charge is 0.256 e. The Kier molecular flexibility index (Phi) is 4.68. The Morgan fingerprint density at radius 3 is 2.82 bits per heavy atom. The molecule has 1 aromatic rings. The van der Waals surface area contributed by atoms with Gasteiger partial charge in [0.25, 0.3) is 5.91 Å². The highest BCUT2D eigenvalue weighted by atomic mass is 19.1. The number of carbonyl (C=O) groups is 1. The number of nitrogens with two attached hydrogens (primary N) is 1. The topological polar surface area (TPSA) is 46.3 Å². The average Bonchev–Trinajstić information content (AvgIpc) is 2.36. The maximum Gasteiger partial charge on any atom is 0.256 e. The Hall–Kier alpha value is -1.86. The van der Waals surface area contributed by atoms with Gasteiger partial charge < -0.3 is 10.6 Å². The van der Waals surface area contributed by atoms with E-state index in [0.717, 1.165) is 0 Å². The van der Waals surface area contributed by atoms with Crippen LogP contribution in [0.3, 0.4) is 0 Å². The van der Waals surface area contributed by atoms with Gasteiger partial charge in [-0.1, -0.05) is 11.8 Å². The number of halogens is 1. The van der Waals surface area contributed by atoms with Crippen molar-refractivity contribution in [2.45, 2.75) is 6.92 Å². The second-order valence-corrected chi connectivity index (χ2v) is 3.52. The highest BCUT2D eigenvalue weighted by Crippen LogP contribution is 2.12. The largest absolute Gasteiger partial charge is 0.342 e. The van der Waals surface area contributed by atoms with Crippen molar-refractivity contribution in [3.8, 4) is 11.8 Å². The number of hydrogen-bond donors (Lipinski definition) is 1. The van der Waals surface area contributed by atoms with E-state index in [1.807, 2.05) is 6.92 Å². The lowest BCUT2D eigenvalue weighted by Gasteiger charge is -2.14. The highest BCUT2D eigenvalue weighted by Gasteiger charge is 2.15. The third-order valence-corrected chi connectivity index (χ3v) is 2.35. The average molecular weight is 234 g/mol.